The lowest BCUT2D eigenvalue weighted by molar-refractivity contribution is -0.0117. The molecule has 0 saturated heterocycles. The van der Waals surface area contributed by atoms with E-state index in [-0.39, 0.29) is 5.82 Å². The van der Waals surface area contributed by atoms with Gasteiger partial charge >= 0.3 is 0 Å². The van der Waals surface area contributed by atoms with Crippen molar-refractivity contribution in [1.29, 1.82) is 0 Å². The van der Waals surface area contributed by atoms with E-state index in [0.717, 1.165) is 10.9 Å². The molecule has 1 heterocycles. The fourth-order valence-corrected chi connectivity index (χ4v) is 3.84. The highest BCUT2D eigenvalue weighted by molar-refractivity contribution is 5.81. The van der Waals surface area contributed by atoms with E-state index in [9.17, 15) is 9.50 Å². The first kappa shape index (κ1) is 22.6. The number of ether oxygens (including phenoxy) is 1. The molecule has 176 valence electrons. The van der Waals surface area contributed by atoms with Crippen LogP contribution in [0.25, 0.3) is 16.6 Å². The normalized spacial score (nSPS) is 13.8. The summed E-state index contributed by atoms with van der Waals surface area (Å²) in [4.78, 5) is 0. The van der Waals surface area contributed by atoms with Crippen molar-refractivity contribution in [2.24, 2.45) is 0 Å². The van der Waals surface area contributed by atoms with Crippen LogP contribution in [-0.4, -0.2) is 21.2 Å². The average molecular weight is 472 g/mol. The molecule has 0 aliphatic carbocycles. The predicted molar refractivity (Wildman–Crippen MR) is 132 cm³/mol. The molecule has 0 bridgehead atoms. The smallest absolute Gasteiger partial charge is 0.203 e. The molecule has 0 fully saturated rings. The van der Waals surface area contributed by atoms with Crippen LogP contribution in [0.1, 0.15) is 12.5 Å². The fourth-order valence-electron chi connectivity index (χ4n) is 3.84. The van der Waals surface area contributed by atoms with Gasteiger partial charge in [-0.15, -0.1) is 0 Å². The minimum Gasteiger partial charge on any atom is -0.457 e. The van der Waals surface area contributed by atoms with Crippen molar-refractivity contribution in [2.45, 2.75) is 18.8 Å². The molecule has 0 aliphatic heterocycles. The quantitative estimate of drug-likeness (QED) is 0.264. The second kappa shape index (κ2) is 9.19. The van der Waals surface area contributed by atoms with E-state index in [0.29, 0.717) is 28.4 Å². The standard InChI is InChI=1S/C28H23F2N3O2/c1-28(34,27(30)32-22-6-5-9-25(17-22)35-24-7-3-2-4-8-24)20-10-15-26-19(16-20)18-31-33(26)23-13-11-21(29)12-14-23/h2-18,27,32,34H,1H3. The highest BCUT2D eigenvalue weighted by Gasteiger charge is 2.34. The third kappa shape index (κ3) is 4.72. The summed E-state index contributed by atoms with van der Waals surface area (Å²) in [6, 6.07) is 27.3. The Labute approximate surface area is 201 Å². The van der Waals surface area contributed by atoms with Crippen molar-refractivity contribution >= 4 is 16.6 Å². The number of rotatable bonds is 7. The minimum absolute atomic E-state index is 0.331. The molecule has 0 radical (unpaired) electrons. The molecule has 0 spiro atoms. The van der Waals surface area contributed by atoms with E-state index in [2.05, 4.69) is 10.4 Å². The Morgan fingerprint density at radius 3 is 2.43 bits per heavy atom. The maximum atomic E-state index is 15.4. The third-order valence-electron chi connectivity index (χ3n) is 5.82. The molecule has 4 aromatic carbocycles. The number of hydrogen-bond donors (Lipinski definition) is 2. The van der Waals surface area contributed by atoms with Gasteiger partial charge in [0, 0.05) is 17.1 Å². The molecule has 5 rings (SSSR count). The minimum atomic E-state index is -1.83. The number of alkyl halides is 1. The maximum Gasteiger partial charge on any atom is 0.203 e. The van der Waals surface area contributed by atoms with Crippen LogP contribution >= 0.6 is 0 Å². The van der Waals surface area contributed by atoms with Gasteiger partial charge in [-0.2, -0.15) is 5.10 Å². The van der Waals surface area contributed by atoms with Crippen LogP contribution in [0.3, 0.4) is 0 Å². The van der Waals surface area contributed by atoms with E-state index < -0.39 is 11.9 Å². The van der Waals surface area contributed by atoms with Crippen molar-refractivity contribution in [1.82, 2.24) is 9.78 Å². The van der Waals surface area contributed by atoms with Gasteiger partial charge in [0.05, 0.1) is 17.4 Å². The van der Waals surface area contributed by atoms with Crippen LogP contribution in [0.2, 0.25) is 0 Å². The van der Waals surface area contributed by atoms with Crippen molar-refractivity contribution in [2.75, 3.05) is 5.32 Å². The predicted octanol–water partition coefficient (Wildman–Crippen LogP) is 6.57. The second-order valence-electron chi connectivity index (χ2n) is 8.40. The van der Waals surface area contributed by atoms with Crippen molar-refractivity contribution < 1.29 is 18.6 Å². The van der Waals surface area contributed by atoms with Crippen LogP contribution in [0.4, 0.5) is 14.5 Å². The molecule has 0 amide bonds. The molecule has 0 aliphatic rings. The summed E-state index contributed by atoms with van der Waals surface area (Å²) in [5, 5.41) is 18.9. The summed E-state index contributed by atoms with van der Waals surface area (Å²) in [6.07, 6.45) is -0.178. The number of benzene rings is 4. The van der Waals surface area contributed by atoms with E-state index in [1.54, 1.807) is 65.5 Å². The molecule has 2 atom stereocenters. The van der Waals surface area contributed by atoms with Gasteiger partial charge in [-0.25, -0.2) is 13.5 Å². The largest absolute Gasteiger partial charge is 0.457 e. The molecular weight excluding hydrogens is 448 g/mol. The summed E-state index contributed by atoms with van der Waals surface area (Å²) in [5.41, 5.74) is 0.480. The lowest BCUT2D eigenvalue weighted by Gasteiger charge is -2.29. The lowest BCUT2D eigenvalue weighted by atomic mass is 9.93. The summed E-state index contributed by atoms with van der Waals surface area (Å²) in [5.74, 6) is 0.882. The number of aromatic nitrogens is 2. The SMILES string of the molecule is CC(O)(c1ccc2c(cnn2-c2ccc(F)cc2)c1)C(F)Nc1cccc(Oc2ccccc2)c1. The highest BCUT2D eigenvalue weighted by Crippen LogP contribution is 2.32. The van der Waals surface area contributed by atoms with E-state index in [4.69, 9.17) is 4.74 Å². The topological polar surface area (TPSA) is 59.3 Å². The molecule has 2 unspecified atom stereocenters. The first-order valence-corrected chi connectivity index (χ1v) is 11.1. The summed E-state index contributed by atoms with van der Waals surface area (Å²) in [6.45, 7) is 1.42. The highest BCUT2D eigenvalue weighted by atomic mass is 19.1. The monoisotopic (exact) mass is 471 g/mol. The van der Waals surface area contributed by atoms with Crippen LogP contribution < -0.4 is 10.1 Å². The Morgan fingerprint density at radius 2 is 1.66 bits per heavy atom. The van der Waals surface area contributed by atoms with Crippen LogP contribution in [0.15, 0.2) is 103 Å². The van der Waals surface area contributed by atoms with Crippen molar-refractivity contribution in [3.63, 3.8) is 0 Å². The number of nitrogens with one attached hydrogen (secondary N) is 1. The first-order chi connectivity index (χ1) is 16.9. The second-order valence-corrected chi connectivity index (χ2v) is 8.40. The Hall–Kier alpha value is -4.23. The number of halogens is 2. The van der Waals surface area contributed by atoms with Gasteiger partial charge in [0.1, 0.15) is 22.9 Å². The number of hydrogen-bond acceptors (Lipinski definition) is 4. The summed E-state index contributed by atoms with van der Waals surface area (Å²) < 4.78 is 36.1. The zero-order chi connectivity index (χ0) is 24.4. The molecule has 0 saturated carbocycles. The Morgan fingerprint density at radius 1 is 0.914 bits per heavy atom. The van der Waals surface area contributed by atoms with Gasteiger partial charge in [-0.05, 0) is 73.2 Å². The number of fused-ring (bicyclic) bond motifs is 1. The first-order valence-electron chi connectivity index (χ1n) is 11.1. The maximum absolute atomic E-state index is 15.4. The van der Waals surface area contributed by atoms with Gasteiger partial charge in [-0.3, -0.25) is 0 Å². The van der Waals surface area contributed by atoms with Crippen LogP contribution in [0, 0.1) is 5.82 Å². The van der Waals surface area contributed by atoms with E-state index in [1.807, 2.05) is 30.3 Å². The van der Waals surface area contributed by atoms with Gasteiger partial charge in [0.2, 0.25) is 6.30 Å². The number of anilines is 1. The van der Waals surface area contributed by atoms with Crippen LogP contribution in [-0.2, 0) is 5.60 Å². The zero-order valence-electron chi connectivity index (χ0n) is 18.9. The Kier molecular flexibility index (Phi) is 5.93. The van der Waals surface area contributed by atoms with E-state index >= 15 is 4.39 Å². The molecule has 2 N–H and O–H groups in total. The van der Waals surface area contributed by atoms with Gasteiger partial charge in [0.15, 0.2) is 0 Å². The number of aliphatic hydroxyl groups is 1. The molecule has 35 heavy (non-hydrogen) atoms. The molecule has 5 nitrogen and oxygen atoms in total. The fraction of sp³-hybridized carbons (Fsp3) is 0.107. The van der Waals surface area contributed by atoms with Crippen LogP contribution in [0.5, 0.6) is 11.5 Å². The molecular formula is C28H23F2N3O2. The van der Waals surface area contributed by atoms with Gasteiger partial charge < -0.3 is 15.2 Å². The van der Waals surface area contributed by atoms with Gasteiger partial charge in [-0.1, -0.05) is 30.3 Å². The number of nitrogens with zero attached hydrogens (tertiary/aromatic N) is 2. The Balaban J connectivity index is 1.35. The summed E-state index contributed by atoms with van der Waals surface area (Å²) in [7, 11) is 0. The van der Waals surface area contributed by atoms with Gasteiger partial charge in [0.25, 0.3) is 0 Å². The molecule has 5 aromatic rings. The van der Waals surface area contributed by atoms with Crippen molar-refractivity contribution in [3.05, 3.63) is 115 Å². The number of para-hydroxylation sites is 1. The third-order valence-corrected chi connectivity index (χ3v) is 5.82. The van der Waals surface area contributed by atoms with Crippen molar-refractivity contribution in [3.8, 4) is 17.2 Å². The van der Waals surface area contributed by atoms with E-state index in [1.165, 1.54) is 19.1 Å². The summed E-state index contributed by atoms with van der Waals surface area (Å²) >= 11 is 0. The zero-order valence-corrected chi connectivity index (χ0v) is 18.9. The average Bonchev–Trinajstić information content (AvgIpc) is 3.29. The Bertz CT molecular complexity index is 1450. The molecule has 7 heteroatoms. The lowest BCUT2D eigenvalue weighted by Crippen LogP contribution is -2.38. The molecule has 1 aromatic heterocycles.